The van der Waals surface area contributed by atoms with Crippen LogP contribution in [0.5, 0.6) is 0 Å². The first kappa shape index (κ1) is 16.0. The Labute approximate surface area is 128 Å². The summed E-state index contributed by atoms with van der Waals surface area (Å²) in [4.78, 5) is 32.5. The van der Waals surface area contributed by atoms with Crippen molar-refractivity contribution in [1.82, 2.24) is 14.9 Å². The van der Waals surface area contributed by atoms with Gasteiger partial charge in [-0.2, -0.15) is 4.98 Å². The molecule has 1 unspecified atom stereocenters. The first-order valence-corrected chi connectivity index (χ1v) is 8.37. The van der Waals surface area contributed by atoms with Gasteiger partial charge in [0.25, 0.3) is 5.91 Å². The predicted molar refractivity (Wildman–Crippen MR) is 81.8 cm³/mol. The van der Waals surface area contributed by atoms with Gasteiger partial charge < -0.3 is 15.0 Å². The van der Waals surface area contributed by atoms with Crippen LogP contribution in [0.3, 0.4) is 0 Å². The van der Waals surface area contributed by atoms with E-state index in [-0.39, 0.29) is 18.6 Å². The molecule has 0 radical (unpaired) electrons. The van der Waals surface area contributed by atoms with E-state index in [0.717, 1.165) is 25.7 Å². The van der Waals surface area contributed by atoms with Gasteiger partial charge in [-0.1, -0.05) is 12.8 Å². The Kier molecular flexibility index (Phi) is 5.41. The lowest BCUT2D eigenvalue weighted by Crippen LogP contribution is -2.43. The first-order valence-electron chi connectivity index (χ1n) is 7.15. The summed E-state index contributed by atoms with van der Waals surface area (Å²) in [7, 11) is 0. The number of aliphatic hydroxyl groups excluding tert-OH is 1. The van der Waals surface area contributed by atoms with Crippen molar-refractivity contribution in [3.05, 3.63) is 21.7 Å². The van der Waals surface area contributed by atoms with Gasteiger partial charge in [0.2, 0.25) is 0 Å². The number of rotatable bonds is 3. The number of aryl methyl sites for hydroxylation is 1. The van der Waals surface area contributed by atoms with Crippen molar-refractivity contribution in [3.63, 3.8) is 0 Å². The molecule has 0 bridgehead atoms. The van der Waals surface area contributed by atoms with Crippen molar-refractivity contribution < 1.29 is 9.90 Å². The molecule has 21 heavy (non-hydrogen) atoms. The molecule has 2 heterocycles. The molecule has 1 fully saturated rings. The highest BCUT2D eigenvalue weighted by Crippen LogP contribution is 2.24. The van der Waals surface area contributed by atoms with Crippen LogP contribution >= 0.6 is 11.8 Å². The minimum absolute atomic E-state index is 0.0316. The maximum atomic E-state index is 12.9. The van der Waals surface area contributed by atoms with Crippen molar-refractivity contribution >= 4 is 17.7 Å². The summed E-state index contributed by atoms with van der Waals surface area (Å²) in [6.07, 6.45) is 5.63. The highest BCUT2D eigenvalue weighted by Gasteiger charge is 2.29. The smallest absolute Gasteiger partial charge is 0.346 e. The van der Waals surface area contributed by atoms with Crippen LogP contribution in [0, 0.1) is 6.92 Å². The summed E-state index contributed by atoms with van der Waals surface area (Å²) in [5.74, 6) is -0.151. The average molecular weight is 311 g/mol. The van der Waals surface area contributed by atoms with E-state index < -0.39 is 5.69 Å². The lowest BCUT2D eigenvalue weighted by Gasteiger charge is -2.29. The van der Waals surface area contributed by atoms with Crippen LogP contribution in [-0.4, -0.2) is 51.3 Å². The summed E-state index contributed by atoms with van der Waals surface area (Å²) < 4.78 is 0. The predicted octanol–water partition coefficient (Wildman–Crippen LogP) is 1.18. The summed E-state index contributed by atoms with van der Waals surface area (Å²) >= 11 is 1.29. The van der Waals surface area contributed by atoms with Crippen molar-refractivity contribution in [3.8, 4) is 0 Å². The van der Waals surface area contributed by atoms with E-state index in [2.05, 4.69) is 9.97 Å². The minimum atomic E-state index is -0.442. The van der Waals surface area contributed by atoms with Crippen LogP contribution in [0.2, 0.25) is 0 Å². The zero-order valence-electron chi connectivity index (χ0n) is 12.4. The number of carbonyl (C=O) groups excluding carboxylic acids is 1. The molecule has 1 aliphatic rings. The molecule has 0 spiro atoms. The number of amides is 1. The molecule has 2 rings (SSSR count). The second kappa shape index (κ2) is 7.09. The molecule has 116 valence electrons. The maximum absolute atomic E-state index is 12.9. The lowest BCUT2D eigenvalue weighted by atomic mass is 10.1. The highest BCUT2D eigenvalue weighted by molar-refractivity contribution is 7.98. The molecule has 1 aromatic heterocycles. The Morgan fingerprint density at radius 2 is 2.24 bits per heavy atom. The number of hydrogen-bond donors (Lipinski definition) is 2. The van der Waals surface area contributed by atoms with Crippen molar-refractivity contribution in [2.75, 3.05) is 19.4 Å². The van der Waals surface area contributed by atoms with E-state index in [4.69, 9.17) is 0 Å². The molecule has 1 aliphatic heterocycles. The summed E-state index contributed by atoms with van der Waals surface area (Å²) in [5.41, 5.74) is 0.538. The minimum Gasteiger partial charge on any atom is -0.394 e. The number of likely N-dealkylation sites (tertiary alicyclic amines) is 1. The summed E-state index contributed by atoms with van der Waals surface area (Å²) in [6, 6.07) is -0.152. The molecule has 1 saturated heterocycles. The van der Waals surface area contributed by atoms with Crippen LogP contribution in [0.15, 0.2) is 9.82 Å². The SMILES string of the molecule is CSc1nc(=O)[nH]c(C)c1C(=O)N1CCCCCC1CO. The summed E-state index contributed by atoms with van der Waals surface area (Å²) in [6.45, 7) is 2.31. The fourth-order valence-electron chi connectivity index (χ4n) is 2.74. The number of nitrogens with one attached hydrogen (secondary N) is 1. The lowest BCUT2D eigenvalue weighted by molar-refractivity contribution is 0.0594. The molecular weight excluding hydrogens is 290 g/mol. The Hall–Kier alpha value is -1.34. The molecule has 1 amide bonds. The van der Waals surface area contributed by atoms with Gasteiger partial charge in [0, 0.05) is 12.2 Å². The third kappa shape index (κ3) is 3.47. The number of hydrogen-bond acceptors (Lipinski definition) is 5. The zero-order valence-corrected chi connectivity index (χ0v) is 13.2. The zero-order chi connectivity index (χ0) is 15.4. The van der Waals surface area contributed by atoms with Crippen molar-refractivity contribution in [1.29, 1.82) is 0 Å². The van der Waals surface area contributed by atoms with Gasteiger partial charge >= 0.3 is 5.69 Å². The third-order valence-corrected chi connectivity index (χ3v) is 4.52. The fraction of sp³-hybridized carbons (Fsp3) is 0.643. The van der Waals surface area contributed by atoms with E-state index in [9.17, 15) is 14.7 Å². The van der Waals surface area contributed by atoms with Gasteiger partial charge in [-0.05, 0) is 26.0 Å². The molecule has 6 nitrogen and oxygen atoms in total. The van der Waals surface area contributed by atoms with Crippen molar-refractivity contribution in [2.24, 2.45) is 0 Å². The van der Waals surface area contributed by atoms with Gasteiger partial charge in [0.1, 0.15) is 5.03 Å². The fourth-order valence-corrected chi connectivity index (χ4v) is 3.36. The number of carbonyl (C=O) groups is 1. The number of nitrogens with zero attached hydrogens (tertiary/aromatic N) is 2. The van der Waals surface area contributed by atoms with Crippen LogP contribution in [0.25, 0.3) is 0 Å². The molecule has 1 aromatic rings. The average Bonchev–Trinajstić information content (AvgIpc) is 2.70. The Bertz CT molecular complexity index is 573. The van der Waals surface area contributed by atoms with E-state index in [0.29, 0.717) is 22.8 Å². The Morgan fingerprint density at radius 1 is 1.48 bits per heavy atom. The monoisotopic (exact) mass is 311 g/mol. The molecule has 0 aliphatic carbocycles. The van der Waals surface area contributed by atoms with Crippen LogP contribution < -0.4 is 5.69 Å². The molecule has 2 N–H and O–H groups in total. The van der Waals surface area contributed by atoms with Gasteiger partial charge in [0.05, 0.1) is 18.2 Å². The van der Waals surface area contributed by atoms with Crippen LogP contribution in [-0.2, 0) is 0 Å². The third-order valence-electron chi connectivity index (χ3n) is 3.84. The number of H-pyrrole nitrogens is 1. The standard InChI is InChI=1S/C14H21N3O3S/c1-9-11(12(21-2)16-14(20)15-9)13(19)17-7-5-3-4-6-10(17)8-18/h10,18H,3-8H2,1-2H3,(H,15,16,20). The molecular formula is C14H21N3O3S. The second-order valence-corrected chi connectivity index (χ2v) is 6.03. The molecule has 0 saturated carbocycles. The van der Waals surface area contributed by atoms with Crippen molar-refractivity contribution in [2.45, 2.75) is 43.7 Å². The maximum Gasteiger partial charge on any atom is 0.346 e. The van der Waals surface area contributed by atoms with E-state index in [1.807, 2.05) is 0 Å². The topological polar surface area (TPSA) is 86.3 Å². The van der Waals surface area contributed by atoms with Gasteiger partial charge in [-0.3, -0.25) is 4.79 Å². The van der Waals surface area contributed by atoms with Gasteiger partial charge in [-0.25, -0.2) is 4.79 Å². The quantitative estimate of drug-likeness (QED) is 0.646. The molecule has 7 heteroatoms. The van der Waals surface area contributed by atoms with Crippen LogP contribution in [0.4, 0.5) is 0 Å². The Morgan fingerprint density at radius 3 is 2.90 bits per heavy atom. The molecule has 0 aromatic carbocycles. The number of aromatic nitrogens is 2. The molecule has 1 atom stereocenters. The highest BCUT2D eigenvalue weighted by atomic mass is 32.2. The summed E-state index contributed by atoms with van der Waals surface area (Å²) in [5, 5.41) is 10.00. The number of thioether (sulfide) groups is 1. The van der Waals surface area contributed by atoms with E-state index in [1.165, 1.54) is 11.8 Å². The van der Waals surface area contributed by atoms with Gasteiger partial charge in [0.15, 0.2) is 0 Å². The Balaban J connectivity index is 2.40. The first-order chi connectivity index (χ1) is 10.1. The normalized spacial score (nSPS) is 19.4. The largest absolute Gasteiger partial charge is 0.394 e. The van der Waals surface area contributed by atoms with Gasteiger partial charge in [-0.15, -0.1) is 11.8 Å². The van der Waals surface area contributed by atoms with E-state index >= 15 is 0 Å². The van der Waals surface area contributed by atoms with Crippen LogP contribution in [0.1, 0.15) is 41.7 Å². The number of aromatic amines is 1. The van der Waals surface area contributed by atoms with E-state index in [1.54, 1.807) is 18.1 Å². The number of aliphatic hydroxyl groups is 1. The second-order valence-electron chi connectivity index (χ2n) is 5.24.